The zero-order valence-electron chi connectivity index (χ0n) is 32.8. The molecule has 53 heavy (non-hydrogen) atoms. The van der Waals surface area contributed by atoms with Crippen LogP contribution < -0.4 is 26.6 Å². The number of carboxylic acids is 2. The van der Waals surface area contributed by atoms with Crippen molar-refractivity contribution in [2.45, 2.75) is 143 Å². The molecule has 0 aromatic rings. The molecule has 8 N–H and O–H groups in total. The predicted molar refractivity (Wildman–Crippen MR) is 200 cm³/mol. The lowest BCUT2D eigenvalue weighted by molar-refractivity contribution is -0.149. The van der Waals surface area contributed by atoms with Crippen LogP contribution in [-0.4, -0.2) is 111 Å². The summed E-state index contributed by atoms with van der Waals surface area (Å²) in [5.74, 6) is -6.89. The topological polar surface area (TPSA) is 250 Å². The van der Waals surface area contributed by atoms with Crippen molar-refractivity contribution in [2.24, 2.45) is 29.6 Å². The fraction of sp³-hybridized carbons (Fsp3) is 0.806. The number of aliphatic carboxylic acids is 2. The van der Waals surface area contributed by atoms with Crippen molar-refractivity contribution in [3.05, 3.63) is 0 Å². The molecule has 0 heterocycles. The van der Waals surface area contributed by atoms with E-state index in [1.165, 1.54) is 11.8 Å². The maximum atomic E-state index is 13.7. The van der Waals surface area contributed by atoms with Gasteiger partial charge in [-0.3, -0.25) is 28.8 Å². The normalized spacial score (nSPS) is 20.4. The number of amides is 5. The number of carboxylic acid groups (broad SMARTS) is 2. The van der Waals surface area contributed by atoms with Crippen LogP contribution in [0.25, 0.3) is 0 Å². The van der Waals surface area contributed by atoms with Crippen molar-refractivity contribution in [1.29, 1.82) is 0 Å². The summed E-state index contributed by atoms with van der Waals surface area (Å²) < 4.78 is 5.31. The number of nitrogens with one attached hydrogen (secondary N) is 5. The Bertz CT molecular complexity index is 1250. The highest BCUT2D eigenvalue weighted by Gasteiger charge is 2.38. The van der Waals surface area contributed by atoms with Gasteiger partial charge < -0.3 is 46.6 Å². The Kier molecular flexibility index (Phi) is 19.6. The van der Waals surface area contributed by atoms with Crippen LogP contribution in [-0.2, 0) is 33.5 Å². The van der Waals surface area contributed by atoms with Crippen molar-refractivity contribution in [3.8, 4) is 0 Å². The van der Waals surface area contributed by atoms with E-state index in [4.69, 9.17) is 4.74 Å². The lowest BCUT2D eigenvalue weighted by Gasteiger charge is -2.33. The van der Waals surface area contributed by atoms with Gasteiger partial charge in [0.1, 0.15) is 23.7 Å². The fourth-order valence-corrected chi connectivity index (χ4v) is 6.54. The molecule has 2 unspecified atom stereocenters. The molecule has 0 aromatic heterocycles. The minimum atomic E-state index is -1.38. The van der Waals surface area contributed by atoms with E-state index in [1.807, 2.05) is 20.1 Å². The van der Waals surface area contributed by atoms with Crippen LogP contribution >= 0.6 is 11.8 Å². The smallest absolute Gasteiger partial charge is 0.408 e. The first-order chi connectivity index (χ1) is 24.4. The van der Waals surface area contributed by atoms with Crippen LogP contribution in [0.15, 0.2) is 0 Å². The van der Waals surface area contributed by atoms with Gasteiger partial charge in [0.15, 0.2) is 0 Å². The summed E-state index contributed by atoms with van der Waals surface area (Å²) in [6.07, 6.45) is -0.195. The minimum absolute atomic E-state index is 0.0189. The first kappa shape index (κ1) is 47.4. The molecule has 5 amide bonds. The number of carbonyl (C=O) groups excluding carboxylic acids is 5. The molecule has 8 atom stereocenters. The number of hydrogen-bond donors (Lipinski definition) is 8. The lowest BCUT2D eigenvalue weighted by atomic mass is 9.78. The molecule has 1 fully saturated rings. The monoisotopic (exact) mass is 773 g/mol. The lowest BCUT2D eigenvalue weighted by Crippen LogP contribution is -2.58. The second-order valence-electron chi connectivity index (χ2n) is 16.0. The highest BCUT2D eigenvalue weighted by molar-refractivity contribution is 7.98. The summed E-state index contributed by atoms with van der Waals surface area (Å²) in [4.78, 5) is 89.3. The molecule has 0 saturated heterocycles. The van der Waals surface area contributed by atoms with Gasteiger partial charge in [0.2, 0.25) is 23.6 Å². The Balaban J connectivity index is 3.07. The minimum Gasteiger partial charge on any atom is -0.481 e. The summed E-state index contributed by atoms with van der Waals surface area (Å²) >= 11 is 1.47. The van der Waals surface area contributed by atoms with E-state index < -0.39 is 108 Å². The van der Waals surface area contributed by atoms with Gasteiger partial charge in [-0.2, -0.15) is 11.8 Å². The molecule has 304 valence electrons. The average molecular weight is 774 g/mol. The third-order valence-corrected chi connectivity index (χ3v) is 9.44. The third kappa shape index (κ3) is 17.4. The molecular formula is C36H63N5O11S. The van der Waals surface area contributed by atoms with Crippen molar-refractivity contribution in [2.75, 3.05) is 12.0 Å². The molecule has 1 aliphatic rings. The van der Waals surface area contributed by atoms with Gasteiger partial charge in [-0.15, -0.1) is 0 Å². The number of thioether (sulfide) groups is 1. The Morgan fingerprint density at radius 2 is 1.28 bits per heavy atom. The van der Waals surface area contributed by atoms with E-state index >= 15 is 0 Å². The number of rotatable bonds is 20. The van der Waals surface area contributed by atoms with E-state index in [0.29, 0.717) is 5.75 Å². The molecular weight excluding hydrogens is 710 g/mol. The van der Waals surface area contributed by atoms with Gasteiger partial charge in [-0.25, -0.2) is 4.79 Å². The van der Waals surface area contributed by atoms with E-state index in [-0.39, 0.29) is 43.9 Å². The molecule has 0 radical (unpaired) electrons. The van der Waals surface area contributed by atoms with Crippen molar-refractivity contribution in [1.82, 2.24) is 26.6 Å². The average Bonchev–Trinajstić information content (AvgIpc) is 3.02. The zero-order valence-corrected chi connectivity index (χ0v) is 33.6. The molecule has 17 heteroatoms. The second kappa shape index (κ2) is 21.9. The SMILES string of the molecule is CSCC[C@H](NC(=O)[C@@H](NC(=O)OC(C)(C)C)C(C)C)C(=O)NC(CC(C)C)[C@@H](O)CC(=O)N[C@@H](C(=O)NC1C[C@@H](C(=O)O)C[C@@H](C(=O)O)C1)C(C)C. The van der Waals surface area contributed by atoms with E-state index in [2.05, 4.69) is 26.6 Å². The molecule has 0 aliphatic heterocycles. The first-order valence-corrected chi connectivity index (χ1v) is 19.7. The quantitative estimate of drug-likeness (QED) is 0.0888. The van der Waals surface area contributed by atoms with Crippen LogP contribution in [0.4, 0.5) is 4.79 Å². The second-order valence-corrected chi connectivity index (χ2v) is 17.0. The van der Waals surface area contributed by atoms with Crippen LogP contribution in [0.3, 0.4) is 0 Å². The van der Waals surface area contributed by atoms with Gasteiger partial charge >= 0.3 is 18.0 Å². The number of alkyl carbamates (subject to hydrolysis) is 1. The highest BCUT2D eigenvalue weighted by atomic mass is 32.2. The zero-order chi connectivity index (χ0) is 40.8. The first-order valence-electron chi connectivity index (χ1n) is 18.3. The standard InChI is InChI=1S/C36H63N5O11S/c1-18(2)13-25(39-30(44)24(11-12-53-10)38-32(46)29(20(5)6)41-35(51)52-36(7,8)9)26(42)17-27(43)40-28(19(3)4)31(45)37-23-15-21(33(47)48)14-22(16-23)34(49)50/h18-26,28-29,42H,11-17H2,1-10H3,(H,37,45)(H,38,46)(H,39,44)(H,40,43)(H,41,51)(H,47,48)(H,49,50)/t21-,22+,23?,24-,25?,26-,28+,29-/m0/s1. The Morgan fingerprint density at radius 1 is 0.755 bits per heavy atom. The molecule has 1 rings (SSSR count). The molecule has 1 saturated carbocycles. The Morgan fingerprint density at radius 3 is 1.74 bits per heavy atom. The number of aliphatic hydroxyl groups is 1. The largest absolute Gasteiger partial charge is 0.481 e. The van der Waals surface area contributed by atoms with Crippen molar-refractivity contribution in [3.63, 3.8) is 0 Å². The summed E-state index contributed by atoms with van der Waals surface area (Å²) in [6, 6.07) is -4.73. The van der Waals surface area contributed by atoms with Crippen LogP contribution in [0.2, 0.25) is 0 Å². The van der Waals surface area contributed by atoms with E-state index in [0.717, 1.165) is 0 Å². The maximum absolute atomic E-state index is 13.7. The molecule has 1 aliphatic carbocycles. The van der Waals surface area contributed by atoms with Crippen molar-refractivity contribution >= 4 is 53.4 Å². The fourth-order valence-electron chi connectivity index (χ4n) is 6.07. The molecule has 0 aromatic carbocycles. The number of carbonyl (C=O) groups is 7. The molecule has 0 spiro atoms. The van der Waals surface area contributed by atoms with Crippen LogP contribution in [0.1, 0.15) is 101 Å². The number of aliphatic hydroxyl groups excluding tert-OH is 1. The Hall–Kier alpha value is -3.60. The van der Waals surface area contributed by atoms with Gasteiger partial charge in [0.25, 0.3) is 0 Å². The summed E-state index contributed by atoms with van der Waals surface area (Å²) in [5.41, 5.74) is -0.788. The summed E-state index contributed by atoms with van der Waals surface area (Å²) in [5, 5.41) is 43.7. The maximum Gasteiger partial charge on any atom is 0.408 e. The number of ether oxygens (including phenoxy) is 1. The predicted octanol–water partition coefficient (Wildman–Crippen LogP) is 2.27. The summed E-state index contributed by atoms with van der Waals surface area (Å²) in [6.45, 7) is 15.7. The van der Waals surface area contributed by atoms with Crippen molar-refractivity contribution < 1.29 is 53.6 Å². The highest BCUT2D eigenvalue weighted by Crippen LogP contribution is 2.30. The van der Waals surface area contributed by atoms with E-state index in [9.17, 15) is 48.9 Å². The van der Waals surface area contributed by atoms with E-state index in [1.54, 1.807) is 48.5 Å². The molecule has 16 nitrogen and oxygen atoms in total. The number of hydrogen-bond acceptors (Lipinski definition) is 10. The van der Waals surface area contributed by atoms with Gasteiger partial charge in [0.05, 0.1) is 30.4 Å². The van der Waals surface area contributed by atoms with Crippen LogP contribution in [0.5, 0.6) is 0 Å². The van der Waals surface area contributed by atoms with Gasteiger partial charge in [-0.05, 0) is 82.6 Å². The van der Waals surface area contributed by atoms with Gasteiger partial charge in [0, 0.05) is 6.04 Å². The van der Waals surface area contributed by atoms with Crippen LogP contribution in [0, 0.1) is 29.6 Å². The summed E-state index contributed by atoms with van der Waals surface area (Å²) in [7, 11) is 0. The Labute approximate surface area is 317 Å². The van der Waals surface area contributed by atoms with Gasteiger partial charge in [-0.1, -0.05) is 41.5 Å². The third-order valence-electron chi connectivity index (χ3n) is 8.79. The molecule has 0 bridgehead atoms.